The second-order valence-electron chi connectivity index (χ2n) is 6.58. The average Bonchev–Trinajstić information content (AvgIpc) is 2.76. The van der Waals surface area contributed by atoms with Crippen molar-refractivity contribution < 1.29 is 28.5 Å². The third-order valence-electron chi connectivity index (χ3n) is 4.76. The molecule has 0 saturated carbocycles. The smallest absolute Gasteiger partial charge is 0.267 e. The molecule has 8 nitrogen and oxygen atoms in total. The minimum absolute atomic E-state index is 0.141. The molecule has 0 fully saturated rings. The number of carbonyl (C=O) groups excluding carboxylic acids is 1. The van der Waals surface area contributed by atoms with Crippen LogP contribution in [-0.4, -0.2) is 44.9 Å². The number of carbonyl (C=O) groups is 1. The van der Waals surface area contributed by atoms with Crippen LogP contribution in [0.25, 0.3) is 22.0 Å². The lowest BCUT2D eigenvalue weighted by Gasteiger charge is -2.20. The van der Waals surface area contributed by atoms with Gasteiger partial charge in [0.25, 0.3) is 5.91 Å². The van der Waals surface area contributed by atoms with Crippen LogP contribution in [0.1, 0.15) is 17.4 Å². The van der Waals surface area contributed by atoms with E-state index in [-0.39, 0.29) is 5.69 Å². The van der Waals surface area contributed by atoms with Crippen molar-refractivity contribution in [3.63, 3.8) is 0 Å². The Hall–Kier alpha value is -3.68. The van der Waals surface area contributed by atoms with E-state index in [1.165, 1.54) is 0 Å². The molecule has 0 atom stereocenters. The number of primary amides is 1. The Bertz CT molecular complexity index is 1130. The molecule has 0 aliphatic carbocycles. The summed E-state index contributed by atoms with van der Waals surface area (Å²) in [6.07, 6.45) is 0. The Kier molecular flexibility index (Phi) is 5.22. The lowest BCUT2D eigenvalue weighted by Crippen LogP contribution is -2.16. The Morgan fingerprint density at radius 3 is 2.37 bits per heavy atom. The van der Waals surface area contributed by atoms with Crippen molar-refractivity contribution in [1.82, 2.24) is 4.98 Å². The summed E-state index contributed by atoms with van der Waals surface area (Å²) in [5, 5.41) is 1.53. The van der Waals surface area contributed by atoms with Crippen molar-refractivity contribution in [2.24, 2.45) is 5.73 Å². The fourth-order valence-corrected chi connectivity index (χ4v) is 3.46. The van der Waals surface area contributed by atoms with Crippen LogP contribution in [0.5, 0.6) is 28.7 Å². The van der Waals surface area contributed by atoms with E-state index in [1.807, 2.05) is 19.1 Å². The summed E-state index contributed by atoms with van der Waals surface area (Å²) in [4.78, 5) is 16.5. The second kappa shape index (κ2) is 7.98. The number of methoxy groups -OCH3 is 2. The molecule has 3 aromatic rings. The second-order valence-corrected chi connectivity index (χ2v) is 6.58. The van der Waals surface area contributed by atoms with E-state index < -0.39 is 5.91 Å². The molecule has 0 bridgehead atoms. The summed E-state index contributed by atoms with van der Waals surface area (Å²) in [5.41, 5.74) is 6.91. The van der Waals surface area contributed by atoms with Gasteiger partial charge in [0, 0.05) is 10.9 Å². The van der Waals surface area contributed by atoms with Crippen molar-refractivity contribution in [1.29, 1.82) is 0 Å². The van der Waals surface area contributed by atoms with Crippen molar-refractivity contribution in [2.75, 3.05) is 34.0 Å². The predicted octanol–water partition coefficient (Wildman–Crippen LogP) is 3.19. The molecule has 156 valence electrons. The third kappa shape index (κ3) is 3.41. The Balaban J connectivity index is 2.01. The maximum absolute atomic E-state index is 11.9. The number of hydrogen-bond acceptors (Lipinski definition) is 7. The lowest BCUT2D eigenvalue weighted by molar-refractivity contribution is 0.0996. The van der Waals surface area contributed by atoms with Crippen LogP contribution in [0.3, 0.4) is 0 Å². The van der Waals surface area contributed by atoms with Gasteiger partial charge in [0.15, 0.2) is 23.0 Å². The SMILES string of the molecule is CCOc1cc(-c2nc(C(N)=O)cc3cc4c(cc23)OCCO4)cc(OC)c1OC. The van der Waals surface area contributed by atoms with E-state index in [0.29, 0.717) is 59.8 Å². The van der Waals surface area contributed by atoms with Gasteiger partial charge in [0.2, 0.25) is 5.75 Å². The Labute approximate surface area is 173 Å². The highest BCUT2D eigenvalue weighted by Crippen LogP contribution is 2.44. The first-order valence-corrected chi connectivity index (χ1v) is 9.49. The zero-order valence-corrected chi connectivity index (χ0v) is 17.0. The van der Waals surface area contributed by atoms with E-state index >= 15 is 0 Å². The molecular weight excluding hydrogens is 388 g/mol. The molecule has 2 aromatic carbocycles. The van der Waals surface area contributed by atoms with E-state index in [9.17, 15) is 4.79 Å². The summed E-state index contributed by atoms with van der Waals surface area (Å²) in [6.45, 7) is 3.25. The Morgan fingerprint density at radius 2 is 1.73 bits per heavy atom. The van der Waals surface area contributed by atoms with Crippen LogP contribution in [0, 0.1) is 0 Å². The number of fused-ring (bicyclic) bond motifs is 2. The highest BCUT2D eigenvalue weighted by atomic mass is 16.6. The molecule has 1 aromatic heterocycles. The highest BCUT2D eigenvalue weighted by Gasteiger charge is 2.21. The van der Waals surface area contributed by atoms with Gasteiger partial charge in [-0.25, -0.2) is 4.98 Å². The van der Waals surface area contributed by atoms with Gasteiger partial charge in [-0.2, -0.15) is 0 Å². The average molecular weight is 410 g/mol. The molecule has 1 aliphatic rings. The predicted molar refractivity (Wildman–Crippen MR) is 111 cm³/mol. The number of hydrogen-bond donors (Lipinski definition) is 1. The van der Waals surface area contributed by atoms with Crippen LogP contribution in [0.4, 0.5) is 0 Å². The van der Waals surface area contributed by atoms with Crippen LogP contribution in [0.15, 0.2) is 30.3 Å². The molecule has 0 spiro atoms. The summed E-state index contributed by atoms with van der Waals surface area (Å²) in [6, 6.07) is 8.90. The summed E-state index contributed by atoms with van der Waals surface area (Å²) >= 11 is 0. The fraction of sp³-hybridized carbons (Fsp3) is 0.273. The fourth-order valence-electron chi connectivity index (χ4n) is 3.46. The van der Waals surface area contributed by atoms with E-state index in [1.54, 1.807) is 32.4 Å². The number of benzene rings is 2. The molecule has 0 unspecified atom stereocenters. The van der Waals surface area contributed by atoms with Crippen LogP contribution in [0.2, 0.25) is 0 Å². The maximum atomic E-state index is 11.9. The van der Waals surface area contributed by atoms with Crippen LogP contribution >= 0.6 is 0 Å². The molecule has 4 rings (SSSR count). The zero-order valence-electron chi connectivity index (χ0n) is 17.0. The minimum Gasteiger partial charge on any atom is -0.493 e. The van der Waals surface area contributed by atoms with Gasteiger partial charge < -0.3 is 29.4 Å². The van der Waals surface area contributed by atoms with Crippen molar-refractivity contribution in [3.8, 4) is 40.0 Å². The van der Waals surface area contributed by atoms with Gasteiger partial charge in [-0.15, -0.1) is 0 Å². The molecule has 1 amide bonds. The van der Waals surface area contributed by atoms with Crippen molar-refractivity contribution in [2.45, 2.75) is 6.92 Å². The van der Waals surface area contributed by atoms with Gasteiger partial charge >= 0.3 is 0 Å². The summed E-state index contributed by atoms with van der Waals surface area (Å²) < 4.78 is 28.1. The Morgan fingerprint density at radius 1 is 1.03 bits per heavy atom. The van der Waals surface area contributed by atoms with Gasteiger partial charge in [-0.3, -0.25) is 4.79 Å². The molecule has 8 heteroatoms. The largest absolute Gasteiger partial charge is 0.493 e. The topological polar surface area (TPSA) is 102 Å². The van der Waals surface area contributed by atoms with Crippen molar-refractivity contribution in [3.05, 3.63) is 36.0 Å². The molecule has 0 saturated heterocycles. The first-order valence-electron chi connectivity index (χ1n) is 9.49. The number of aromatic nitrogens is 1. The maximum Gasteiger partial charge on any atom is 0.267 e. The number of nitrogens with two attached hydrogens (primary N) is 1. The molecule has 0 radical (unpaired) electrons. The van der Waals surface area contributed by atoms with Gasteiger partial charge in [-0.1, -0.05) is 0 Å². The molecular formula is C22H22N2O6. The van der Waals surface area contributed by atoms with Crippen molar-refractivity contribution >= 4 is 16.7 Å². The third-order valence-corrected chi connectivity index (χ3v) is 4.76. The molecule has 2 heterocycles. The van der Waals surface area contributed by atoms with Crippen LogP contribution in [-0.2, 0) is 0 Å². The van der Waals surface area contributed by atoms with Gasteiger partial charge in [0.1, 0.15) is 18.9 Å². The number of ether oxygens (including phenoxy) is 5. The van der Waals surface area contributed by atoms with E-state index in [4.69, 9.17) is 29.4 Å². The highest BCUT2D eigenvalue weighted by molar-refractivity contribution is 6.02. The first kappa shape index (κ1) is 19.6. The minimum atomic E-state index is -0.626. The van der Waals surface area contributed by atoms with E-state index in [0.717, 1.165) is 10.8 Å². The van der Waals surface area contributed by atoms with Gasteiger partial charge in [0.05, 0.1) is 26.5 Å². The lowest BCUT2D eigenvalue weighted by atomic mass is 10.0. The zero-order chi connectivity index (χ0) is 21.3. The summed E-state index contributed by atoms with van der Waals surface area (Å²) in [7, 11) is 3.09. The monoisotopic (exact) mass is 410 g/mol. The quantitative estimate of drug-likeness (QED) is 0.666. The standard InChI is InChI=1S/C22H22N2O6/c1-4-28-19-10-13(9-18(26-2)21(19)27-3)20-14-11-17-16(29-5-6-30-17)8-12(14)7-15(24-20)22(23)25/h7-11H,4-6H2,1-3H3,(H2,23,25). The number of nitrogens with zero attached hydrogens (tertiary/aromatic N) is 1. The normalized spacial score (nSPS) is 12.5. The van der Waals surface area contributed by atoms with Gasteiger partial charge in [-0.05, 0) is 42.6 Å². The molecule has 2 N–H and O–H groups in total. The van der Waals surface area contributed by atoms with Crippen LogP contribution < -0.4 is 29.4 Å². The number of pyridine rings is 1. The molecule has 1 aliphatic heterocycles. The van der Waals surface area contributed by atoms with E-state index in [2.05, 4.69) is 4.98 Å². The summed E-state index contributed by atoms with van der Waals surface area (Å²) in [5.74, 6) is 2.07. The number of amides is 1. The first-order chi connectivity index (χ1) is 14.5. The molecule has 30 heavy (non-hydrogen) atoms. The number of rotatable bonds is 6.